The van der Waals surface area contributed by atoms with Crippen molar-refractivity contribution in [1.29, 1.82) is 0 Å². The van der Waals surface area contributed by atoms with Gasteiger partial charge in [-0.3, -0.25) is 9.59 Å². The smallest absolute Gasteiger partial charge is 0.224 e. The summed E-state index contributed by atoms with van der Waals surface area (Å²) in [4.78, 5) is 24.0. The molecule has 1 fully saturated rings. The third-order valence-electron chi connectivity index (χ3n) is 2.94. The van der Waals surface area contributed by atoms with Gasteiger partial charge in [0.05, 0.1) is 10.3 Å². The van der Waals surface area contributed by atoms with E-state index in [9.17, 15) is 9.59 Å². The van der Waals surface area contributed by atoms with Gasteiger partial charge in [0.2, 0.25) is 11.8 Å². The van der Waals surface area contributed by atoms with Gasteiger partial charge in [-0.2, -0.15) is 0 Å². The second-order valence-corrected chi connectivity index (χ2v) is 6.09. The van der Waals surface area contributed by atoms with Crippen LogP contribution in [0, 0.1) is 5.92 Å². The van der Waals surface area contributed by atoms with E-state index in [1.54, 1.807) is 0 Å². The van der Waals surface area contributed by atoms with Crippen LogP contribution in [0.1, 0.15) is 17.7 Å². The lowest BCUT2D eigenvalue weighted by atomic mass is 9.98. The molecule has 0 saturated carbocycles. The van der Waals surface area contributed by atoms with Crippen LogP contribution in [-0.2, 0) is 16.0 Å². The van der Waals surface area contributed by atoms with E-state index in [1.807, 2.05) is 12.1 Å². The van der Waals surface area contributed by atoms with Crippen molar-refractivity contribution in [3.05, 3.63) is 21.3 Å². The molecule has 2 N–H and O–H groups in total. The van der Waals surface area contributed by atoms with Gasteiger partial charge in [-0.1, -0.05) is 11.6 Å². The van der Waals surface area contributed by atoms with Crippen LogP contribution in [0.5, 0.6) is 0 Å². The fourth-order valence-corrected chi connectivity index (χ4v) is 2.98. The van der Waals surface area contributed by atoms with Crippen molar-refractivity contribution in [3.8, 4) is 0 Å². The highest BCUT2D eigenvalue weighted by atomic mass is 35.5. The number of carbonyl (C=O) groups excluding carboxylic acids is 2. The molecule has 18 heavy (non-hydrogen) atoms. The Balaban J connectivity index is 1.70. The lowest BCUT2D eigenvalue weighted by Crippen LogP contribution is -2.43. The zero-order valence-corrected chi connectivity index (χ0v) is 11.4. The Kier molecular flexibility index (Phi) is 4.60. The molecule has 4 nitrogen and oxygen atoms in total. The Bertz CT molecular complexity index is 437. The minimum Gasteiger partial charge on any atom is -0.355 e. The van der Waals surface area contributed by atoms with Gasteiger partial charge in [-0.15, -0.1) is 11.3 Å². The molecule has 0 radical (unpaired) electrons. The minimum absolute atomic E-state index is 0.0256. The average Bonchev–Trinajstić information content (AvgIpc) is 2.76. The van der Waals surface area contributed by atoms with Gasteiger partial charge in [0.1, 0.15) is 0 Å². The van der Waals surface area contributed by atoms with E-state index in [2.05, 4.69) is 10.6 Å². The van der Waals surface area contributed by atoms with Crippen LogP contribution in [-0.4, -0.2) is 24.9 Å². The molecule has 1 aliphatic heterocycles. The largest absolute Gasteiger partial charge is 0.355 e. The number of halogens is 1. The Morgan fingerprint density at radius 3 is 3.00 bits per heavy atom. The second kappa shape index (κ2) is 6.20. The molecule has 1 aromatic rings. The van der Waals surface area contributed by atoms with Gasteiger partial charge < -0.3 is 10.6 Å². The predicted octanol–water partition coefficient (Wildman–Crippen LogP) is 1.59. The number of thiophene rings is 1. The molecule has 0 spiro atoms. The fourth-order valence-electron chi connectivity index (χ4n) is 1.90. The van der Waals surface area contributed by atoms with Crippen LogP contribution >= 0.6 is 22.9 Å². The highest BCUT2D eigenvalue weighted by Crippen LogP contribution is 2.21. The highest BCUT2D eigenvalue weighted by molar-refractivity contribution is 7.16. The van der Waals surface area contributed by atoms with Crippen molar-refractivity contribution in [2.24, 2.45) is 5.92 Å². The molecule has 0 unspecified atom stereocenters. The SMILES string of the molecule is O=C1CC[C@@H](C(=O)NCCc2ccc(Cl)s2)CN1. The predicted molar refractivity (Wildman–Crippen MR) is 71.8 cm³/mol. The maximum Gasteiger partial charge on any atom is 0.224 e. The van der Waals surface area contributed by atoms with E-state index < -0.39 is 0 Å². The summed E-state index contributed by atoms with van der Waals surface area (Å²) >= 11 is 7.36. The van der Waals surface area contributed by atoms with Gasteiger partial charge in [-0.05, 0) is 25.0 Å². The Morgan fingerprint density at radius 2 is 2.39 bits per heavy atom. The Labute approximate surface area is 115 Å². The number of rotatable bonds is 4. The summed E-state index contributed by atoms with van der Waals surface area (Å²) in [5, 5.41) is 5.61. The number of nitrogens with one attached hydrogen (secondary N) is 2. The third-order valence-corrected chi connectivity index (χ3v) is 4.23. The van der Waals surface area contributed by atoms with Crippen molar-refractivity contribution in [3.63, 3.8) is 0 Å². The Hall–Kier alpha value is -1.07. The first kappa shape index (κ1) is 13.4. The summed E-state index contributed by atoms with van der Waals surface area (Å²) in [6.45, 7) is 1.07. The number of hydrogen-bond acceptors (Lipinski definition) is 3. The summed E-state index contributed by atoms with van der Waals surface area (Å²) in [6.07, 6.45) is 1.88. The molecule has 1 saturated heterocycles. The molecule has 0 aromatic carbocycles. The first-order valence-corrected chi connectivity index (χ1v) is 7.13. The van der Waals surface area contributed by atoms with Crippen molar-refractivity contribution < 1.29 is 9.59 Å². The molecule has 1 aliphatic rings. The summed E-state index contributed by atoms with van der Waals surface area (Å²) in [7, 11) is 0. The molecular weight excluding hydrogens is 272 g/mol. The van der Waals surface area contributed by atoms with E-state index in [0.717, 1.165) is 15.6 Å². The van der Waals surface area contributed by atoms with Gasteiger partial charge in [-0.25, -0.2) is 0 Å². The third kappa shape index (κ3) is 3.71. The van der Waals surface area contributed by atoms with Crippen LogP contribution in [0.25, 0.3) is 0 Å². The molecule has 1 atom stereocenters. The highest BCUT2D eigenvalue weighted by Gasteiger charge is 2.23. The lowest BCUT2D eigenvalue weighted by Gasteiger charge is -2.21. The van der Waals surface area contributed by atoms with Crippen LogP contribution in [0.15, 0.2) is 12.1 Å². The van der Waals surface area contributed by atoms with E-state index in [1.165, 1.54) is 11.3 Å². The van der Waals surface area contributed by atoms with Crippen LogP contribution < -0.4 is 10.6 Å². The van der Waals surface area contributed by atoms with E-state index >= 15 is 0 Å². The molecule has 2 amide bonds. The second-order valence-electron chi connectivity index (χ2n) is 4.29. The molecule has 0 bridgehead atoms. The number of piperidine rings is 1. The molecule has 6 heteroatoms. The van der Waals surface area contributed by atoms with Crippen LogP contribution in [0.4, 0.5) is 0 Å². The van der Waals surface area contributed by atoms with Crippen molar-refractivity contribution >= 4 is 34.8 Å². The average molecular weight is 287 g/mol. The van der Waals surface area contributed by atoms with Gasteiger partial charge >= 0.3 is 0 Å². The van der Waals surface area contributed by atoms with E-state index in [-0.39, 0.29) is 17.7 Å². The fraction of sp³-hybridized carbons (Fsp3) is 0.500. The number of hydrogen-bond donors (Lipinski definition) is 2. The quantitative estimate of drug-likeness (QED) is 0.883. The summed E-state index contributed by atoms with van der Waals surface area (Å²) < 4.78 is 0.770. The number of amides is 2. The molecule has 2 heterocycles. The summed E-state index contributed by atoms with van der Waals surface area (Å²) in [5.74, 6) is -0.0282. The molecule has 1 aromatic heterocycles. The standard InChI is InChI=1S/C12H15ClN2O2S/c13-10-3-2-9(18-10)5-6-14-12(17)8-1-4-11(16)15-7-8/h2-3,8H,1,4-7H2,(H,14,17)(H,15,16)/t8-/m1/s1. The maximum absolute atomic E-state index is 11.8. The molecule has 98 valence electrons. The van der Waals surface area contributed by atoms with Gasteiger partial charge in [0.25, 0.3) is 0 Å². The van der Waals surface area contributed by atoms with Gasteiger partial charge in [0.15, 0.2) is 0 Å². The normalized spacial score (nSPS) is 19.4. The van der Waals surface area contributed by atoms with Crippen LogP contribution in [0.2, 0.25) is 4.34 Å². The van der Waals surface area contributed by atoms with E-state index in [0.29, 0.717) is 25.9 Å². The monoisotopic (exact) mass is 286 g/mol. The summed E-state index contributed by atoms with van der Waals surface area (Å²) in [6, 6.07) is 3.83. The lowest BCUT2D eigenvalue weighted by molar-refractivity contribution is -0.128. The first-order chi connectivity index (χ1) is 8.65. The molecular formula is C12H15ClN2O2S. The maximum atomic E-state index is 11.8. The minimum atomic E-state index is -0.0883. The molecule has 2 rings (SSSR count). The Morgan fingerprint density at radius 1 is 1.56 bits per heavy atom. The topological polar surface area (TPSA) is 58.2 Å². The van der Waals surface area contributed by atoms with Crippen molar-refractivity contribution in [2.45, 2.75) is 19.3 Å². The zero-order chi connectivity index (χ0) is 13.0. The number of carbonyl (C=O) groups is 2. The van der Waals surface area contributed by atoms with Crippen molar-refractivity contribution in [1.82, 2.24) is 10.6 Å². The summed E-state index contributed by atoms with van der Waals surface area (Å²) in [5.41, 5.74) is 0. The van der Waals surface area contributed by atoms with Crippen molar-refractivity contribution in [2.75, 3.05) is 13.1 Å². The van der Waals surface area contributed by atoms with Gasteiger partial charge in [0, 0.05) is 24.4 Å². The van der Waals surface area contributed by atoms with Crippen LogP contribution in [0.3, 0.4) is 0 Å². The van der Waals surface area contributed by atoms with E-state index in [4.69, 9.17) is 11.6 Å². The zero-order valence-electron chi connectivity index (χ0n) is 9.87. The molecule has 0 aliphatic carbocycles. The first-order valence-electron chi connectivity index (χ1n) is 5.94.